The Hall–Kier alpha value is -1.82. The zero-order chi connectivity index (χ0) is 18.1. The lowest BCUT2D eigenvalue weighted by Crippen LogP contribution is -2.26. The monoisotopic (exact) mass is 398 g/mol. The second-order valence-corrected chi connectivity index (χ2v) is 7.17. The first kappa shape index (κ1) is 18.0. The molecule has 0 aliphatic heterocycles. The lowest BCUT2D eigenvalue weighted by molar-refractivity contribution is -0.145. The van der Waals surface area contributed by atoms with Crippen LogP contribution in [0.1, 0.15) is 13.3 Å². The van der Waals surface area contributed by atoms with E-state index in [2.05, 4.69) is 0 Å². The van der Waals surface area contributed by atoms with E-state index in [-0.39, 0.29) is 28.0 Å². The summed E-state index contributed by atoms with van der Waals surface area (Å²) in [5.41, 5.74) is 0.468. The summed E-state index contributed by atoms with van der Waals surface area (Å²) in [6.45, 7) is 1.70. The molecule has 0 saturated carbocycles. The zero-order valence-corrected chi connectivity index (χ0v) is 15.4. The standard InChI is InChI=1S/C18H13Cl2FO3S/c1-2-12(18(22)23)24-13-7-9-8-14(10-5-3-4-6-11(10)21)25-17(9)16(20)15(13)19/h3-8,12H,2H2,1H3,(H,22,23). The molecule has 1 heterocycles. The van der Waals surface area contributed by atoms with E-state index < -0.39 is 12.1 Å². The Morgan fingerprint density at radius 2 is 2.00 bits per heavy atom. The summed E-state index contributed by atoms with van der Waals surface area (Å²) in [6, 6.07) is 9.88. The van der Waals surface area contributed by atoms with Crippen LogP contribution < -0.4 is 4.74 Å². The number of hydrogen-bond acceptors (Lipinski definition) is 3. The van der Waals surface area contributed by atoms with E-state index in [1.165, 1.54) is 17.4 Å². The summed E-state index contributed by atoms with van der Waals surface area (Å²) < 4.78 is 20.2. The number of fused-ring (bicyclic) bond motifs is 1. The third-order valence-electron chi connectivity index (χ3n) is 3.71. The molecule has 0 fully saturated rings. The number of halogens is 3. The predicted octanol–water partition coefficient (Wildman–Crippen LogP) is 6.26. The van der Waals surface area contributed by atoms with Gasteiger partial charge in [0.1, 0.15) is 16.6 Å². The molecule has 3 nitrogen and oxygen atoms in total. The fraction of sp³-hybridized carbons (Fsp3) is 0.167. The molecule has 0 saturated heterocycles. The molecule has 3 rings (SSSR count). The van der Waals surface area contributed by atoms with Crippen molar-refractivity contribution >= 4 is 50.6 Å². The van der Waals surface area contributed by atoms with E-state index in [0.29, 0.717) is 20.5 Å². The zero-order valence-electron chi connectivity index (χ0n) is 13.1. The Bertz CT molecular complexity index is 955. The van der Waals surface area contributed by atoms with Crippen LogP contribution in [0.15, 0.2) is 36.4 Å². The maximum atomic E-state index is 14.0. The van der Waals surface area contributed by atoms with Crippen molar-refractivity contribution in [2.45, 2.75) is 19.4 Å². The highest BCUT2D eigenvalue weighted by molar-refractivity contribution is 7.23. The van der Waals surface area contributed by atoms with Gasteiger partial charge in [-0.05, 0) is 30.0 Å². The molecule has 1 atom stereocenters. The van der Waals surface area contributed by atoms with Crippen molar-refractivity contribution < 1.29 is 19.0 Å². The molecule has 0 amide bonds. The van der Waals surface area contributed by atoms with Crippen LogP contribution in [0.3, 0.4) is 0 Å². The third kappa shape index (κ3) is 3.45. The van der Waals surface area contributed by atoms with Crippen molar-refractivity contribution in [2.24, 2.45) is 0 Å². The van der Waals surface area contributed by atoms with Crippen LogP contribution in [0.5, 0.6) is 5.75 Å². The molecule has 0 aliphatic rings. The molecule has 0 bridgehead atoms. The summed E-state index contributed by atoms with van der Waals surface area (Å²) in [7, 11) is 0. The number of hydrogen-bond donors (Lipinski definition) is 1. The van der Waals surface area contributed by atoms with E-state index in [9.17, 15) is 9.18 Å². The SMILES string of the molecule is CCC(Oc1cc2cc(-c3ccccc3F)sc2c(Cl)c1Cl)C(=O)O. The van der Waals surface area contributed by atoms with Crippen LogP contribution in [-0.4, -0.2) is 17.2 Å². The van der Waals surface area contributed by atoms with Gasteiger partial charge in [0.2, 0.25) is 0 Å². The van der Waals surface area contributed by atoms with Gasteiger partial charge in [0.05, 0.1) is 9.72 Å². The maximum absolute atomic E-state index is 14.0. The first-order chi connectivity index (χ1) is 11.9. The largest absolute Gasteiger partial charge is 0.479 e. The Balaban J connectivity index is 2.10. The number of benzene rings is 2. The minimum absolute atomic E-state index is 0.149. The van der Waals surface area contributed by atoms with E-state index >= 15 is 0 Å². The summed E-state index contributed by atoms with van der Waals surface area (Å²) in [5, 5.41) is 10.3. The van der Waals surface area contributed by atoms with Gasteiger partial charge in [0.25, 0.3) is 0 Å². The van der Waals surface area contributed by atoms with Crippen molar-refractivity contribution in [1.82, 2.24) is 0 Å². The summed E-state index contributed by atoms with van der Waals surface area (Å²) in [4.78, 5) is 11.9. The second kappa shape index (κ2) is 7.20. The van der Waals surface area contributed by atoms with Gasteiger partial charge >= 0.3 is 5.97 Å². The molecule has 1 unspecified atom stereocenters. The molecular weight excluding hydrogens is 386 g/mol. The first-order valence-electron chi connectivity index (χ1n) is 7.48. The van der Waals surface area contributed by atoms with Crippen LogP contribution in [0.4, 0.5) is 4.39 Å². The summed E-state index contributed by atoms with van der Waals surface area (Å²) in [5.74, 6) is -1.21. The third-order valence-corrected chi connectivity index (χ3v) is 5.87. The van der Waals surface area contributed by atoms with Crippen LogP contribution in [0.25, 0.3) is 20.5 Å². The Kier molecular flexibility index (Phi) is 5.18. The van der Waals surface area contributed by atoms with Crippen LogP contribution >= 0.6 is 34.5 Å². The van der Waals surface area contributed by atoms with E-state index in [0.717, 1.165) is 0 Å². The minimum Gasteiger partial charge on any atom is -0.479 e. The number of thiophene rings is 1. The number of rotatable bonds is 5. The molecular formula is C18H13Cl2FO3S. The Morgan fingerprint density at radius 3 is 2.64 bits per heavy atom. The molecule has 25 heavy (non-hydrogen) atoms. The fourth-order valence-corrected chi connectivity index (χ4v) is 4.11. The topological polar surface area (TPSA) is 46.5 Å². The lowest BCUT2D eigenvalue weighted by atomic mass is 10.1. The molecule has 0 spiro atoms. The van der Waals surface area contributed by atoms with Crippen molar-refractivity contribution in [3.63, 3.8) is 0 Å². The maximum Gasteiger partial charge on any atom is 0.344 e. The highest BCUT2D eigenvalue weighted by Gasteiger charge is 2.21. The van der Waals surface area contributed by atoms with Crippen LogP contribution in [-0.2, 0) is 4.79 Å². The predicted molar refractivity (Wildman–Crippen MR) is 99.6 cm³/mol. The summed E-state index contributed by atoms with van der Waals surface area (Å²) in [6.07, 6.45) is -0.735. The number of aliphatic carboxylic acids is 1. The lowest BCUT2D eigenvalue weighted by Gasteiger charge is -2.15. The number of ether oxygens (including phenoxy) is 1. The van der Waals surface area contributed by atoms with Gasteiger partial charge in [-0.25, -0.2) is 9.18 Å². The fourth-order valence-electron chi connectivity index (χ4n) is 2.44. The van der Waals surface area contributed by atoms with Gasteiger partial charge in [-0.3, -0.25) is 0 Å². The molecule has 3 aromatic rings. The molecule has 7 heteroatoms. The van der Waals surface area contributed by atoms with Gasteiger partial charge in [-0.15, -0.1) is 11.3 Å². The van der Waals surface area contributed by atoms with Crippen molar-refractivity contribution in [1.29, 1.82) is 0 Å². The quantitative estimate of drug-likeness (QED) is 0.551. The van der Waals surface area contributed by atoms with Crippen LogP contribution in [0.2, 0.25) is 10.0 Å². The van der Waals surface area contributed by atoms with Gasteiger partial charge in [-0.1, -0.05) is 48.3 Å². The number of carbonyl (C=O) groups is 1. The molecule has 1 aromatic heterocycles. The van der Waals surface area contributed by atoms with Crippen molar-refractivity contribution in [3.8, 4) is 16.2 Å². The second-order valence-electron chi connectivity index (χ2n) is 5.36. The number of carboxylic acid groups (broad SMARTS) is 1. The van der Waals surface area contributed by atoms with Gasteiger partial charge in [0.15, 0.2) is 6.10 Å². The molecule has 0 aliphatic carbocycles. The van der Waals surface area contributed by atoms with Crippen molar-refractivity contribution in [3.05, 3.63) is 52.3 Å². The first-order valence-corrected chi connectivity index (χ1v) is 9.05. The molecule has 1 N–H and O–H groups in total. The molecule has 0 radical (unpaired) electrons. The van der Waals surface area contributed by atoms with Gasteiger partial charge < -0.3 is 9.84 Å². The van der Waals surface area contributed by atoms with Gasteiger partial charge in [-0.2, -0.15) is 0 Å². The van der Waals surface area contributed by atoms with Gasteiger partial charge in [0, 0.05) is 10.4 Å². The van der Waals surface area contributed by atoms with E-state index in [1.807, 2.05) is 0 Å². The minimum atomic E-state index is -1.08. The van der Waals surface area contributed by atoms with E-state index in [4.69, 9.17) is 33.0 Å². The van der Waals surface area contributed by atoms with Crippen molar-refractivity contribution in [2.75, 3.05) is 0 Å². The molecule has 2 aromatic carbocycles. The number of carboxylic acids is 1. The highest BCUT2D eigenvalue weighted by atomic mass is 35.5. The normalized spacial score (nSPS) is 12.3. The Labute approximate surface area is 157 Å². The van der Waals surface area contributed by atoms with Crippen LogP contribution in [0, 0.1) is 5.82 Å². The average molecular weight is 399 g/mol. The molecule has 130 valence electrons. The van der Waals surface area contributed by atoms with E-state index in [1.54, 1.807) is 37.3 Å². The Morgan fingerprint density at radius 1 is 1.28 bits per heavy atom. The average Bonchev–Trinajstić information content (AvgIpc) is 3.00. The smallest absolute Gasteiger partial charge is 0.344 e. The highest BCUT2D eigenvalue weighted by Crippen LogP contribution is 2.45. The summed E-state index contributed by atoms with van der Waals surface area (Å²) >= 11 is 13.9.